The van der Waals surface area contributed by atoms with Gasteiger partial charge in [0.15, 0.2) is 5.75 Å². The quantitative estimate of drug-likeness (QED) is 0.376. The van der Waals surface area contributed by atoms with Gasteiger partial charge < -0.3 is 14.8 Å². The smallest absolute Gasteiger partial charge is 0.311 e. The standard InChI is InChI=1S/C17H14N4O5/c1-20-12-5-3-2-4-10(12)6-14(20)17(24)19-18-9-11-7-13(21(25)26)16(23)8-15(11)22/h2-9,22-23H,1H3,(H,19,24)/b18-9+. The lowest BCUT2D eigenvalue weighted by molar-refractivity contribution is -0.385. The molecular formula is C17H14N4O5. The molecule has 3 aromatic rings. The summed E-state index contributed by atoms with van der Waals surface area (Å²) in [5, 5.41) is 34.6. The fourth-order valence-electron chi connectivity index (χ4n) is 2.56. The molecular weight excluding hydrogens is 340 g/mol. The first-order chi connectivity index (χ1) is 12.4. The Morgan fingerprint density at radius 1 is 1.23 bits per heavy atom. The maximum atomic E-state index is 12.3. The third kappa shape index (κ3) is 3.05. The van der Waals surface area contributed by atoms with Crippen LogP contribution in [0, 0.1) is 10.1 Å². The molecule has 0 bridgehead atoms. The van der Waals surface area contributed by atoms with Crippen molar-refractivity contribution in [2.24, 2.45) is 12.1 Å². The molecule has 1 amide bonds. The van der Waals surface area contributed by atoms with E-state index in [4.69, 9.17) is 0 Å². The van der Waals surface area contributed by atoms with E-state index in [1.54, 1.807) is 17.7 Å². The molecule has 0 atom stereocenters. The Labute approximate surface area is 147 Å². The topological polar surface area (TPSA) is 130 Å². The van der Waals surface area contributed by atoms with Gasteiger partial charge in [0.2, 0.25) is 0 Å². The number of aromatic nitrogens is 1. The van der Waals surface area contributed by atoms with Crippen molar-refractivity contribution in [3.8, 4) is 11.5 Å². The molecule has 9 nitrogen and oxygen atoms in total. The van der Waals surface area contributed by atoms with E-state index in [1.807, 2.05) is 24.3 Å². The molecule has 0 radical (unpaired) electrons. The van der Waals surface area contributed by atoms with E-state index in [0.29, 0.717) is 5.69 Å². The highest BCUT2D eigenvalue weighted by Gasteiger charge is 2.17. The normalized spacial score (nSPS) is 11.1. The molecule has 0 spiro atoms. The van der Waals surface area contributed by atoms with Crippen molar-refractivity contribution in [3.63, 3.8) is 0 Å². The van der Waals surface area contributed by atoms with Gasteiger partial charge >= 0.3 is 5.69 Å². The Bertz CT molecular complexity index is 1050. The summed E-state index contributed by atoms with van der Waals surface area (Å²) in [5.74, 6) is -1.55. The van der Waals surface area contributed by atoms with E-state index < -0.39 is 28.0 Å². The summed E-state index contributed by atoms with van der Waals surface area (Å²) < 4.78 is 1.71. The maximum Gasteiger partial charge on any atom is 0.311 e. The number of carbonyl (C=O) groups is 1. The summed E-state index contributed by atoms with van der Waals surface area (Å²) in [6.45, 7) is 0. The third-order valence-electron chi connectivity index (χ3n) is 3.87. The number of fused-ring (bicyclic) bond motifs is 1. The molecule has 0 fully saturated rings. The van der Waals surface area contributed by atoms with Crippen molar-refractivity contribution in [1.29, 1.82) is 0 Å². The Morgan fingerprint density at radius 2 is 1.96 bits per heavy atom. The molecule has 132 valence electrons. The lowest BCUT2D eigenvalue weighted by atomic mass is 10.2. The number of phenols is 2. The summed E-state index contributed by atoms with van der Waals surface area (Å²) in [6.07, 6.45) is 1.06. The summed E-state index contributed by atoms with van der Waals surface area (Å²) in [7, 11) is 1.75. The van der Waals surface area contributed by atoms with Crippen LogP contribution in [0.25, 0.3) is 10.9 Å². The molecule has 0 aliphatic carbocycles. The Morgan fingerprint density at radius 3 is 2.65 bits per heavy atom. The average molecular weight is 354 g/mol. The van der Waals surface area contributed by atoms with Crippen molar-refractivity contribution >= 4 is 28.7 Å². The summed E-state index contributed by atoms with van der Waals surface area (Å²) in [5.41, 5.74) is 2.97. The second-order valence-corrected chi connectivity index (χ2v) is 5.50. The molecule has 0 saturated heterocycles. The monoisotopic (exact) mass is 354 g/mol. The number of nitro groups is 1. The van der Waals surface area contributed by atoms with Gasteiger partial charge in [-0.15, -0.1) is 0 Å². The van der Waals surface area contributed by atoms with Gasteiger partial charge in [0, 0.05) is 35.6 Å². The number of nitrogens with one attached hydrogen (secondary N) is 1. The molecule has 3 N–H and O–H groups in total. The second-order valence-electron chi connectivity index (χ2n) is 5.50. The first kappa shape index (κ1) is 17.0. The first-order valence-corrected chi connectivity index (χ1v) is 7.46. The van der Waals surface area contributed by atoms with Crippen LogP contribution in [-0.4, -0.2) is 31.8 Å². The number of carbonyl (C=O) groups excluding carboxylic acids is 1. The Balaban J connectivity index is 1.82. The van der Waals surface area contributed by atoms with Crippen LogP contribution < -0.4 is 5.43 Å². The zero-order valence-electron chi connectivity index (χ0n) is 13.6. The van der Waals surface area contributed by atoms with Crippen molar-refractivity contribution < 1.29 is 19.9 Å². The number of phenolic OH excluding ortho intramolecular Hbond substituents is 2. The van der Waals surface area contributed by atoms with Crippen LogP contribution in [0.3, 0.4) is 0 Å². The number of hydrogen-bond donors (Lipinski definition) is 3. The highest BCUT2D eigenvalue weighted by Crippen LogP contribution is 2.31. The van der Waals surface area contributed by atoms with Crippen molar-refractivity contribution in [3.05, 3.63) is 63.8 Å². The number of para-hydroxylation sites is 1. The summed E-state index contributed by atoms with van der Waals surface area (Å²) in [4.78, 5) is 22.3. The van der Waals surface area contributed by atoms with Crippen molar-refractivity contribution in [2.75, 3.05) is 0 Å². The minimum Gasteiger partial charge on any atom is -0.507 e. The van der Waals surface area contributed by atoms with E-state index in [9.17, 15) is 25.1 Å². The lowest BCUT2D eigenvalue weighted by Gasteiger charge is -2.03. The third-order valence-corrected chi connectivity index (χ3v) is 3.87. The largest absolute Gasteiger partial charge is 0.507 e. The highest BCUT2D eigenvalue weighted by atomic mass is 16.6. The van der Waals surface area contributed by atoms with Crippen molar-refractivity contribution in [1.82, 2.24) is 9.99 Å². The number of nitro benzene ring substituents is 1. The number of benzene rings is 2. The summed E-state index contributed by atoms with van der Waals surface area (Å²) >= 11 is 0. The fraction of sp³-hybridized carbons (Fsp3) is 0.0588. The highest BCUT2D eigenvalue weighted by molar-refractivity contribution is 5.99. The van der Waals surface area contributed by atoms with Crippen LogP contribution in [0.2, 0.25) is 0 Å². The van der Waals surface area contributed by atoms with Crippen LogP contribution >= 0.6 is 0 Å². The molecule has 0 saturated carbocycles. The molecule has 1 aromatic heterocycles. The SMILES string of the molecule is Cn1c(C(=O)N/N=C/c2cc([N+](=O)[O-])c(O)cc2O)cc2ccccc21. The minimum absolute atomic E-state index is 0.0214. The van der Waals surface area contributed by atoms with Gasteiger partial charge in [-0.05, 0) is 12.1 Å². The van der Waals surface area contributed by atoms with E-state index >= 15 is 0 Å². The van der Waals surface area contributed by atoms with Gasteiger partial charge in [-0.25, -0.2) is 5.43 Å². The van der Waals surface area contributed by atoms with Gasteiger partial charge in [0.05, 0.1) is 11.1 Å². The van der Waals surface area contributed by atoms with Crippen LogP contribution in [0.4, 0.5) is 5.69 Å². The van der Waals surface area contributed by atoms with Crippen LogP contribution in [0.1, 0.15) is 16.1 Å². The molecule has 2 aromatic carbocycles. The van der Waals surface area contributed by atoms with E-state index in [0.717, 1.165) is 29.3 Å². The van der Waals surface area contributed by atoms with Gasteiger partial charge in [-0.2, -0.15) is 5.10 Å². The van der Waals surface area contributed by atoms with Crippen LogP contribution in [0.15, 0.2) is 47.6 Å². The van der Waals surface area contributed by atoms with Gasteiger partial charge in [0.1, 0.15) is 11.4 Å². The van der Waals surface area contributed by atoms with E-state index in [-0.39, 0.29) is 5.56 Å². The molecule has 26 heavy (non-hydrogen) atoms. The lowest BCUT2D eigenvalue weighted by Crippen LogP contribution is -2.20. The minimum atomic E-state index is -0.791. The van der Waals surface area contributed by atoms with Crippen LogP contribution in [0.5, 0.6) is 11.5 Å². The average Bonchev–Trinajstić information content (AvgIpc) is 2.93. The van der Waals surface area contributed by atoms with Gasteiger partial charge in [-0.1, -0.05) is 18.2 Å². The van der Waals surface area contributed by atoms with E-state index in [1.165, 1.54) is 0 Å². The molecule has 1 heterocycles. The van der Waals surface area contributed by atoms with E-state index in [2.05, 4.69) is 10.5 Å². The predicted octanol–water partition coefficient (Wildman–Crippen LogP) is 2.26. The second kappa shape index (κ2) is 6.55. The Kier molecular flexibility index (Phi) is 4.27. The molecule has 0 unspecified atom stereocenters. The molecule has 3 rings (SSSR count). The number of nitrogens with zero attached hydrogens (tertiary/aromatic N) is 3. The Hall–Kier alpha value is -3.88. The number of hydrogen-bond acceptors (Lipinski definition) is 6. The number of aryl methyl sites for hydroxylation is 1. The zero-order chi connectivity index (χ0) is 18.8. The fourth-order valence-corrected chi connectivity index (χ4v) is 2.56. The van der Waals surface area contributed by atoms with Gasteiger partial charge in [-0.3, -0.25) is 14.9 Å². The molecule has 9 heteroatoms. The molecule has 0 aliphatic rings. The zero-order valence-corrected chi connectivity index (χ0v) is 13.6. The first-order valence-electron chi connectivity index (χ1n) is 7.46. The summed E-state index contributed by atoms with van der Waals surface area (Å²) in [6, 6.07) is 11.0. The number of hydrazone groups is 1. The van der Waals surface area contributed by atoms with Gasteiger partial charge in [0.25, 0.3) is 5.91 Å². The number of amides is 1. The predicted molar refractivity (Wildman–Crippen MR) is 94.4 cm³/mol. The number of rotatable bonds is 4. The number of aromatic hydroxyl groups is 2. The van der Waals surface area contributed by atoms with Crippen molar-refractivity contribution in [2.45, 2.75) is 0 Å². The molecule has 0 aliphatic heterocycles. The van der Waals surface area contributed by atoms with Crippen LogP contribution in [-0.2, 0) is 7.05 Å². The maximum absolute atomic E-state index is 12.3.